The zero-order chi connectivity index (χ0) is 22.0. The van der Waals surface area contributed by atoms with Crippen molar-refractivity contribution in [1.82, 2.24) is 0 Å². The number of rotatable bonds is 12. The third kappa shape index (κ3) is 7.76. The molecular formula is C21H27F3NO4P. The van der Waals surface area contributed by atoms with Crippen molar-refractivity contribution in [2.75, 3.05) is 19.8 Å². The first-order chi connectivity index (χ1) is 14.3. The van der Waals surface area contributed by atoms with Crippen molar-refractivity contribution in [2.24, 2.45) is 5.73 Å². The summed E-state index contributed by atoms with van der Waals surface area (Å²) >= 11 is 0. The first kappa shape index (κ1) is 24.4. The van der Waals surface area contributed by atoms with E-state index < -0.39 is 32.6 Å². The fourth-order valence-electron chi connectivity index (χ4n) is 2.97. The standard InChI is InChI=1S/C21H27F3NO4P/c22-21(23,24)18-13-17(10-11-20(25,14-26)15-29-30-27)8-9-19(18)28-12-4-7-16-5-2-1-3-6-16/h1-3,5-6,8-9,13,26H,4,7,10-12,14-15,25,30H2. The molecule has 2 unspecified atom stereocenters. The van der Waals surface area contributed by atoms with Crippen LogP contribution >= 0.6 is 8.69 Å². The Kier molecular flexibility index (Phi) is 9.37. The van der Waals surface area contributed by atoms with Gasteiger partial charge in [0, 0.05) is 0 Å². The maximum absolute atomic E-state index is 13.5. The van der Waals surface area contributed by atoms with Crippen LogP contribution in [-0.2, 0) is 28.1 Å². The number of hydrogen-bond donors (Lipinski definition) is 2. The lowest BCUT2D eigenvalue weighted by Crippen LogP contribution is -2.47. The Morgan fingerprint density at radius 3 is 2.40 bits per heavy atom. The number of alkyl halides is 3. The minimum Gasteiger partial charge on any atom is -0.493 e. The van der Waals surface area contributed by atoms with E-state index in [2.05, 4.69) is 0 Å². The molecule has 0 aliphatic rings. The first-order valence-corrected chi connectivity index (χ1v) is 10.5. The van der Waals surface area contributed by atoms with E-state index in [1.54, 1.807) is 6.07 Å². The Morgan fingerprint density at radius 2 is 1.77 bits per heavy atom. The fourth-order valence-corrected chi connectivity index (χ4v) is 3.37. The molecule has 2 aromatic carbocycles. The molecule has 2 aromatic rings. The van der Waals surface area contributed by atoms with Gasteiger partial charge in [0.1, 0.15) is 5.75 Å². The van der Waals surface area contributed by atoms with Gasteiger partial charge in [0.25, 0.3) is 0 Å². The van der Waals surface area contributed by atoms with Gasteiger partial charge in [-0.25, -0.2) is 0 Å². The summed E-state index contributed by atoms with van der Waals surface area (Å²) in [5.41, 5.74) is 5.48. The average molecular weight is 445 g/mol. The summed E-state index contributed by atoms with van der Waals surface area (Å²) < 4.78 is 61.3. The Balaban J connectivity index is 2.01. The van der Waals surface area contributed by atoms with E-state index in [1.165, 1.54) is 6.07 Å². The molecule has 0 saturated heterocycles. The van der Waals surface area contributed by atoms with Gasteiger partial charge in [-0.05, 0) is 48.9 Å². The summed E-state index contributed by atoms with van der Waals surface area (Å²) in [6, 6.07) is 13.6. The van der Waals surface area contributed by atoms with E-state index in [9.17, 15) is 22.8 Å². The van der Waals surface area contributed by atoms with E-state index in [0.717, 1.165) is 11.6 Å². The highest BCUT2D eigenvalue weighted by Crippen LogP contribution is 2.37. The van der Waals surface area contributed by atoms with Crippen LogP contribution in [0, 0.1) is 0 Å². The van der Waals surface area contributed by atoms with Crippen molar-refractivity contribution in [3.8, 4) is 5.75 Å². The van der Waals surface area contributed by atoms with Crippen molar-refractivity contribution in [3.63, 3.8) is 0 Å². The number of ether oxygens (including phenoxy) is 1. The highest BCUT2D eigenvalue weighted by atomic mass is 31.1. The Labute approximate surface area is 175 Å². The van der Waals surface area contributed by atoms with E-state index in [4.69, 9.17) is 15.0 Å². The van der Waals surface area contributed by atoms with Crippen LogP contribution in [0.1, 0.15) is 29.5 Å². The smallest absolute Gasteiger partial charge is 0.419 e. The zero-order valence-electron chi connectivity index (χ0n) is 16.5. The summed E-state index contributed by atoms with van der Waals surface area (Å²) in [6.07, 6.45) is -2.87. The molecule has 0 fully saturated rings. The topological polar surface area (TPSA) is 81.8 Å². The van der Waals surface area contributed by atoms with Crippen molar-refractivity contribution >= 4 is 8.69 Å². The predicted molar refractivity (Wildman–Crippen MR) is 110 cm³/mol. The minimum absolute atomic E-state index is 0.128. The molecule has 0 aromatic heterocycles. The lowest BCUT2D eigenvalue weighted by Gasteiger charge is -2.26. The molecule has 0 heterocycles. The lowest BCUT2D eigenvalue weighted by molar-refractivity contribution is -0.139. The number of aliphatic hydroxyl groups is 1. The molecule has 0 aliphatic heterocycles. The summed E-state index contributed by atoms with van der Waals surface area (Å²) in [5, 5.41) is 9.42. The van der Waals surface area contributed by atoms with Gasteiger partial charge in [0.15, 0.2) is 8.69 Å². The van der Waals surface area contributed by atoms with Gasteiger partial charge in [0.05, 0.1) is 30.9 Å². The van der Waals surface area contributed by atoms with Crippen LogP contribution in [0.25, 0.3) is 0 Å². The van der Waals surface area contributed by atoms with Crippen molar-refractivity contribution < 1.29 is 32.1 Å². The summed E-state index contributed by atoms with van der Waals surface area (Å²) in [6.45, 7) is -0.388. The molecule has 30 heavy (non-hydrogen) atoms. The molecule has 166 valence electrons. The minimum atomic E-state index is -4.56. The van der Waals surface area contributed by atoms with Gasteiger partial charge in [-0.1, -0.05) is 36.4 Å². The van der Waals surface area contributed by atoms with Gasteiger partial charge < -0.3 is 20.1 Å². The van der Waals surface area contributed by atoms with Crippen molar-refractivity contribution in [2.45, 2.75) is 37.4 Å². The van der Waals surface area contributed by atoms with Crippen LogP contribution in [0.15, 0.2) is 48.5 Å². The molecule has 0 saturated carbocycles. The van der Waals surface area contributed by atoms with E-state index in [0.29, 0.717) is 18.4 Å². The van der Waals surface area contributed by atoms with Crippen LogP contribution in [0.2, 0.25) is 0 Å². The van der Waals surface area contributed by atoms with E-state index >= 15 is 0 Å². The summed E-state index contributed by atoms with van der Waals surface area (Å²) in [5.74, 6) is -0.209. The Bertz CT molecular complexity index is 805. The largest absolute Gasteiger partial charge is 0.493 e. The Morgan fingerprint density at radius 1 is 1.03 bits per heavy atom. The van der Waals surface area contributed by atoms with Crippen LogP contribution in [-0.4, -0.2) is 30.5 Å². The second kappa shape index (κ2) is 11.5. The molecule has 0 bridgehead atoms. The first-order valence-electron chi connectivity index (χ1n) is 9.59. The number of nitrogens with two attached hydrogens (primary N) is 1. The van der Waals surface area contributed by atoms with Crippen molar-refractivity contribution in [1.29, 1.82) is 0 Å². The molecule has 2 rings (SSSR count). The third-order valence-electron chi connectivity index (χ3n) is 4.72. The molecule has 2 atom stereocenters. The highest BCUT2D eigenvalue weighted by molar-refractivity contribution is 7.17. The molecule has 3 N–H and O–H groups in total. The fraction of sp³-hybridized carbons (Fsp3) is 0.429. The van der Waals surface area contributed by atoms with Crippen LogP contribution in [0.4, 0.5) is 13.2 Å². The number of hydrogen-bond acceptors (Lipinski definition) is 5. The number of aryl methyl sites for hydroxylation is 2. The normalized spacial score (nSPS) is 14.2. The zero-order valence-corrected chi connectivity index (χ0v) is 17.7. The molecule has 0 amide bonds. The molecule has 0 radical (unpaired) electrons. The van der Waals surface area contributed by atoms with Gasteiger partial charge in [-0.2, -0.15) is 13.2 Å². The average Bonchev–Trinajstić information content (AvgIpc) is 2.74. The summed E-state index contributed by atoms with van der Waals surface area (Å²) in [7, 11) is -1.47. The van der Waals surface area contributed by atoms with Crippen LogP contribution in [0.3, 0.4) is 0 Å². The summed E-state index contributed by atoms with van der Waals surface area (Å²) in [4.78, 5) is 0. The monoisotopic (exact) mass is 445 g/mol. The molecule has 0 spiro atoms. The van der Waals surface area contributed by atoms with E-state index in [1.807, 2.05) is 30.3 Å². The maximum atomic E-state index is 13.5. The van der Waals surface area contributed by atoms with Gasteiger partial charge >= 0.3 is 6.18 Å². The third-order valence-corrected chi connectivity index (χ3v) is 5.03. The highest BCUT2D eigenvalue weighted by Gasteiger charge is 2.35. The SMILES string of the molecule is NC(CO)(CCc1ccc(OCCCc2ccccc2)c(C(F)(F)F)c1)CO[PH2]=O. The number of benzene rings is 2. The molecule has 5 nitrogen and oxygen atoms in total. The van der Waals surface area contributed by atoms with Gasteiger partial charge in [-0.3, -0.25) is 4.57 Å². The molecule has 0 aliphatic carbocycles. The van der Waals surface area contributed by atoms with Crippen LogP contribution < -0.4 is 10.5 Å². The van der Waals surface area contributed by atoms with Crippen LogP contribution in [0.5, 0.6) is 5.75 Å². The lowest BCUT2D eigenvalue weighted by atomic mass is 9.93. The Hall–Kier alpha value is -1.86. The van der Waals surface area contributed by atoms with Crippen molar-refractivity contribution in [3.05, 3.63) is 65.2 Å². The van der Waals surface area contributed by atoms with Gasteiger partial charge in [0.2, 0.25) is 0 Å². The number of halogens is 3. The van der Waals surface area contributed by atoms with Gasteiger partial charge in [-0.15, -0.1) is 0 Å². The molecular weight excluding hydrogens is 418 g/mol. The number of aliphatic hydroxyl groups excluding tert-OH is 1. The quantitative estimate of drug-likeness (QED) is 0.381. The maximum Gasteiger partial charge on any atom is 0.419 e. The molecule has 9 heteroatoms. The second-order valence-electron chi connectivity index (χ2n) is 7.19. The van der Waals surface area contributed by atoms with E-state index in [-0.39, 0.29) is 31.8 Å². The predicted octanol–water partition coefficient (Wildman–Crippen LogP) is 4.03. The second-order valence-corrected chi connectivity index (χ2v) is 7.72.